The molecule has 108 valence electrons. The number of hydrogen-bond acceptors (Lipinski definition) is 3. The normalized spacial score (nSPS) is 33.4. The highest BCUT2D eigenvalue weighted by molar-refractivity contribution is 5.71. The first-order valence-electron chi connectivity index (χ1n) is 7.41. The molecule has 0 aromatic rings. The van der Waals surface area contributed by atoms with E-state index in [2.05, 4.69) is 13.0 Å². The highest BCUT2D eigenvalue weighted by Crippen LogP contribution is 2.59. The van der Waals surface area contributed by atoms with Crippen molar-refractivity contribution in [2.24, 2.45) is 23.0 Å². The summed E-state index contributed by atoms with van der Waals surface area (Å²) >= 11 is 0. The van der Waals surface area contributed by atoms with Crippen molar-refractivity contribution in [2.45, 2.75) is 59.0 Å². The van der Waals surface area contributed by atoms with Crippen LogP contribution in [0.25, 0.3) is 0 Å². The van der Waals surface area contributed by atoms with Gasteiger partial charge in [-0.15, -0.1) is 0 Å². The van der Waals surface area contributed by atoms with Crippen LogP contribution in [-0.2, 0) is 9.53 Å². The van der Waals surface area contributed by atoms with Crippen LogP contribution in [0.4, 0.5) is 0 Å². The third kappa shape index (κ3) is 2.86. The van der Waals surface area contributed by atoms with Crippen molar-refractivity contribution in [2.75, 3.05) is 6.54 Å². The van der Waals surface area contributed by atoms with Crippen LogP contribution in [-0.4, -0.2) is 18.1 Å². The fraction of sp³-hybridized carbons (Fsp3) is 0.812. The molecule has 0 heterocycles. The van der Waals surface area contributed by atoms with Crippen molar-refractivity contribution < 1.29 is 9.53 Å². The Morgan fingerprint density at radius 3 is 2.74 bits per heavy atom. The van der Waals surface area contributed by atoms with Crippen LogP contribution in [0.5, 0.6) is 0 Å². The largest absolute Gasteiger partial charge is 0.460 e. The monoisotopic (exact) mass is 265 g/mol. The van der Waals surface area contributed by atoms with Gasteiger partial charge in [-0.3, -0.25) is 4.79 Å². The second-order valence-electron chi connectivity index (χ2n) is 7.20. The topological polar surface area (TPSA) is 52.3 Å². The first-order valence-corrected chi connectivity index (χ1v) is 7.41. The molecule has 0 aromatic carbocycles. The fourth-order valence-corrected chi connectivity index (χ4v) is 3.70. The molecule has 2 N–H and O–H groups in total. The van der Waals surface area contributed by atoms with E-state index >= 15 is 0 Å². The summed E-state index contributed by atoms with van der Waals surface area (Å²) in [6.45, 7) is 8.52. The Kier molecular flexibility index (Phi) is 3.78. The van der Waals surface area contributed by atoms with E-state index in [1.807, 2.05) is 20.8 Å². The molecule has 0 aromatic heterocycles. The molecule has 0 spiro atoms. The molecule has 3 heteroatoms. The van der Waals surface area contributed by atoms with Crippen LogP contribution in [0.2, 0.25) is 0 Å². The summed E-state index contributed by atoms with van der Waals surface area (Å²) in [5, 5.41) is 0. The van der Waals surface area contributed by atoms with E-state index in [4.69, 9.17) is 10.5 Å². The van der Waals surface area contributed by atoms with Gasteiger partial charge in [0.1, 0.15) is 5.60 Å². The van der Waals surface area contributed by atoms with E-state index in [1.54, 1.807) is 0 Å². The summed E-state index contributed by atoms with van der Waals surface area (Å²) < 4.78 is 5.46. The molecule has 2 aliphatic carbocycles. The van der Waals surface area contributed by atoms with Crippen LogP contribution in [0.3, 0.4) is 0 Å². The van der Waals surface area contributed by atoms with Crippen molar-refractivity contribution in [3.63, 3.8) is 0 Å². The van der Waals surface area contributed by atoms with Gasteiger partial charge in [0.15, 0.2) is 0 Å². The minimum Gasteiger partial charge on any atom is -0.460 e. The summed E-state index contributed by atoms with van der Waals surface area (Å²) in [6, 6.07) is 0. The minimum atomic E-state index is -0.407. The second kappa shape index (κ2) is 4.93. The van der Waals surface area contributed by atoms with Gasteiger partial charge in [0, 0.05) is 0 Å². The maximum atomic E-state index is 12.1. The summed E-state index contributed by atoms with van der Waals surface area (Å²) in [4.78, 5) is 12.1. The van der Waals surface area contributed by atoms with E-state index in [1.165, 1.54) is 12.0 Å². The minimum absolute atomic E-state index is 0.0378. The number of nitrogens with two attached hydrogens (primary N) is 1. The molecule has 0 radical (unpaired) electrons. The molecule has 1 fully saturated rings. The third-order valence-corrected chi connectivity index (χ3v) is 4.60. The van der Waals surface area contributed by atoms with E-state index in [0.717, 1.165) is 18.8 Å². The number of fused-ring (bicyclic) bond motifs is 1. The highest BCUT2D eigenvalue weighted by Gasteiger charge is 2.55. The highest BCUT2D eigenvalue weighted by atomic mass is 16.6. The number of allylic oxidation sites excluding steroid dienone is 2. The number of rotatable bonds is 4. The molecule has 1 saturated carbocycles. The first-order chi connectivity index (χ1) is 8.79. The van der Waals surface area contributed by atoms with Crippen LogP contribution in [0, 0.1) is 17.3 Å². The fourth-order valence-electron chi connectivity index (χ4n) is 3.70. The van der Waals surface area contributed by atoms with Crippen molar-refractivity contribution in [1.29, 1.82) is 0 Å². The average molecular weight is 265 g/mol. The van der Waals surface area contributed by atoms with Gasteiger partial charge in [-0.25, -0.2) is 0 Å². The molecule has 2 aliphatic rings. The van der Waals surface area contributed by atoms with Crippen molar-refractivity contribution in [1.82, 2.24) is 0 Å². The summed E-state index contributed by atoms with van der Waals surface area (Å²) in [7, 11) is 0. The van der Waals surface area contributed by atoms with Gasteiger partial charge in [0.2, 0.25) is 0 Å². The second-order valence-corrected chi connectivity index (χ2v) is 7.20. The van der Waals surface area contributed by atoms with E-state index in [0.29, 0.717) is 18.9 Å². The molecule has 2 rings (SSSR count). The third-order valence-electron chi connectivity index (χ3n) is 4.60. The first kappa shape index (κ1) is 14.6. The Hall–Kier alpha value is -0.830. The van der Waals surface area contributed by atoms with E-state index in [9.17, 15) is 4.79 Å². The molecule has 0 bridgehead atoms. The predicted octanol–water partition coefficient (Wildman–Crippen LogP) is 3.04. The molecule has 1 unspecified atom stereocenters. The summed E-state index contributed by atoms with van der Waals surface area (Å²) in [5.74, 6) is 1.12. The summed E-state index contributed by atoms with van der Waals surface area (Å²) in [5.41, 5.74) is 7.08. The van der Waals surface area contributed by atoms with Crippen LogP contribution < -0.4 is 5.73 Å². The van der Waals surface area contributed by atoms with Crippen molar-refractivity contribution in [3.05, 3.63) is 11.6 Å². The van der Waals surface area contributed by atoms with E-state index in [-0.39, 0.29) is 11.4 Å². The SMILES string of the molecule is CCC1=C[C@@H]2[C@H](C1)CC2(CN)CC(=O)OC(C)(C)C. The Morgan fingerprint density at radius 1 is 1.53 bits per heavy atom. The standard InChI is InChI=1S/C16H27NO2/c1-5-11-6-12-8-16(10-17,13(12)7-11)9-14(18)19-15(2,3)4/h7,12-13H,5-6,8-10,17H2,1-4H3/t12-,13-,16?/m1/s1. The molecule has 0 amide bonds. The number of esters is 1. The lowest BCUT2D eigenvalue weighted by atomic mass is 9.53. The molecule has 19 heavy (non-hydrogen) atoms. The molecular weight excluding hydrogens is 238 g/mol. The number of ether oxygens (including phenoxy) is 1. The number of carbonyl (C=O) groups excluding carboxylic acids is 1. The van der Waals surface area contributed by atoms with Crippen LogP contribution in [0.1, 0.15) is 53.4 Å². The lowest BCUT2D eigenvalue weighted by molar-refractivity contribution is -0.162. The van der Waals surface area contributed by atoms with Gasteiger partial charge >= 0.3 is 5.97 Å². The lowest BCUT2D eigenvalue weighted by Gasteiger charge is -2.51. The van der Waals surface area contributed by atoms with Gasteiger partial charge in [0.25, 0.3) is 0 Å². The number of hydrogen-bond donors (Lipinski definition) is 1. The zero-order chi connectivity index (χ0) is 14.3. The smallest absolute Gasteiger partial charge is 0.306 e. The maximum absolute atomic E-state index is 12.1. The van der Waals surface area contributed by atoms with Crippen LogP contribution in [0.15, 0.2) is 11.6 Å². The molecule has 0 aliphatic heterocycles. The van der Waals surface area contributed by atoms with E-state index < -0.39 is 5.60 Å². The zero-order valence-corrected chi connectivity index (χ0v) is 12.7. The van der Waals surface area contributed by atoms with Gasteiger partial charge in [-0.05, 0) is 63.8 Å². The average Bonchev–Trinajstić information content (AvgIpc) is 2.62. The maximum Gasteiger partial charge on any atom is 0.306 e. The molecule has 3 atom stereocenters. The Balaban J connectivity index is 2.02. The van der Waals surface area contributed by atoms with Crippen LogP contribution >= 0.6 is 0 Å². The quantitative estimate of drug-likeness (QED) is 0.628. The van der Waals surface area contributed by atoms with Crippen molar-refractivity contribution >= 4 is 5.97 Å². The van der Waals surface area contributed by atoms with Crippen molar-refractivity contribution in [3.8, 4) is 0 Å². The lowest BCUT2D eigenvalue weighted by Crippen LogP contribution is -2.51. The molecular formula is C16H27NO2. The summed E-state index contributed by atoms with van der Waals surface area (Å²) in [6.07, 6.45) is 6.26. The molecule has 0 saturated heterocycles. The zero-order valence-electron chi connectivity index (χ0n) is 12.7. The Bertz CT molecular complexity index is 394. The Morgan fingerprint density at radius 2 is 2.21 bits per heavy atom. The van der Waals surface area contributed by atoms with Gasteiger partial charge in [-0.2, -0.15) is 0 Å². The predicted molar refractivity (Wildman–Crippen MR) is 76.5 cm³/mol. The molecule has 3 nitrogen and oxygen atoms in total. The van der Waals surface area contributed by atoms with Gasteiger partial charge in [-0.1, -0.05) is 18.6 Å². The number of carbonyl (C=O) groups is 1. The Labute approximate surface area is 116 Å². The van der Waals surface area contributed by atoms with Gasteiger partial charge in [0.05, 0.1) is 6.42 Å². The van der Waals surface area contributed by atoms with Gasteiger partial charge < -0.3 is 10.5 Å².